The van der Waals surface area contributed by atoms with Gasteiger partial charge in [0, 0.05) is 5.02 Å². The number of hydrazone groups is 1. The number of hydrogen-bond donors (Lipinski definition) is 1. The van der Waals surface area contributed by atoms with Crippen molar-refractivity contribution in [2.24, 2.45) is 5.10 Å². The van der Waals surface area contributed by atoms with E-state index in [9.17, 15) is 4.79 Å². The Morgan fingerprint density at radius 2 is 2.06 bits per heavy atom. The van der Waals surface area contributed by atoms with E-state index in [0.717, 1.165) is 11.3 Å². The molecule has 0 unspecified atom stereocenters. The van der Waals surface area contributed by atoms with Crippen LogP contribution in [0.15, 0.2) is 29.4 Å². The van der Waals surface area contributed by atoms with Crippen LogP contribution in [0.4, 0.5) is 4.79 Å². The molecule has 0 saturated heterocycles. The molecule has 0 heterocycles. The number of nitrogens with one attached hydrogen (secondary N) is 1. The summed E-state index contributed by atoms with van der Waals surface area (Å²) in [5, 5.41) is 4.63. The van der Waals surface area contributed by atoms with Crippen molar-refractivity contribution in [2.75, 3.05) is 7.11 Å². The summed E-state index contributed by atoms with van der Waals surface area (Å²) in [7, 11) is 1.29. The van der Waals surface area contributed by atoms with Gasteiger partial charge in [-0.3, -0.25) is 0 Å². The summed E-state index contributed by atoms with van der Waals surface area (Å²) in [6.45, 7) is 1.95. The van der Waals surface area contributed by atoms with Gasteiger partial charge in [0.1, 0.15) is 0 Å². The van der Waals surface area contributed by atoms with Gasteiger partial charge in [-0.15, -0.1) is 0 Å². The summed E-state index contributed by atoms with van der Waals surface area (Å²) in [6.07, 6.45) is 0.117. The Kier molecular flexibility index (Phi) is 4.79. The highest BCUT2D eigenvalue weighted by Crippen LogP contribution is 2.11. The molecule has 1 aromatic rings. The third-order valence-electron chi connectivity index (χ3n) is 1.98. The average Bonchev–Trinajstić information content (AvgIpc) is 2.31. The SMILES string of the molecule is CC/C(=N/NC(=O)OC)c1ccc(Cl)cc1. The summed E-state index contributed by atoms with van der Waals surface area (Å²) in [6, 6.07) is 7.26. The molecule has 0 aliphatic heterocycles. The first kappa shape index (κ1) is 12.5. The van der Waals surface area contributed by atoms with Gasteiger partial charge in [-0.2, -0.15) is 5.10 Å². The molecule has 1 N–H and O–H groups in total. The lowest BCUT2D eigenvalue weighted by atomic mass is 10.1. The van der Waals surface area contributed by atoms with Crippen molar-refractivity contribution in [3.8, 4) is 0 Å². The molecule has 16 heavy (non-hydrogen) atoms. The molecule has 0 radical (unpaired) electrons. The van der Waals surface area contributed by atoms with E-state index in [2.05, 4.69) is 15.3 Å². The first-order chi connectivity index (χ1) is 7.67. The molecule has 5 heteroatoms. The number of carbonyl (C=O) groups is 1. The molecule has 0 spiro atoms. The Balaban J connectivity index is 2.81. The lowest BCUT2D eigenvalue weighted by Gasteiger charge is -2.04. The number of rotatable bonds is 3. The zero-order valence-electron chi connectivity index (χ0n) is 9.16. The molecule has 0 aliphatic carbocycles. The molecule has 0 bridgehead atoms. The number of nitrogens with zero attached hydrogens (tertiary/aromatic N) is 1. The third-order valence-corrected chi connectivity index (χ3v) is 2.23. The van der Waals surface area contributed by atoms with Gasteiger partial charge in [-0.05, 0) is 24.1 Å². The van der Waals surface area contributed by atoms with Crippen molar-refractivity contribution in [3.05, 3.63) is 34.9 Å². The molecule has 1 aromatic carbocycles. The Labute approximate surface area is 99.2 Å². The van der Waals surface area contributed by atoms with E-state index in [0.29, 0.717) is 11.4 Å². The van der Waals surface area contributed by atoms with Crippen LogP contribution >= 0.6 is 11.6 Å². The van der Waals surface area contributed by atoms with Crippen molar-refractivity contribution >= 4 is 23.4 Å². The van der Waals surface area contributed by atoms with Crippen molar-refractivity contribution in [3.63, 3.8) is 0 Å². The number of ether oxygens (including phenoxy) is 1. The molecule has 1 rings (SSSR count). The summed E-state index contributed by atoms with van der Waals surface area (Å²) >= 11 is 5.78. The molecule has 0 atom stereocenters. The highest BCUT2D eigenvalue weighted by Gasteiger charge is 2.02. The second kappa shape index (κ2) is 6.12. The minimum absolute atomic E-state index is 0.583. The average molecular weight is 241 g/mol. The number of carbonyl (C=O) groups excluding carboxylic acids is 1. The summed E-state index contributed by atoms with van der Waals surface area (Å²) in [4.78, 5) is 10.9. The van der Waals surface area contributed by atoms with Gasteiger partial charge in [0.25, 0.3) is 0 Å². The normalized spacial score (nSPS) is 11.1. The van der Waals surface area contributed by atoms with E-state index in [1.807, 2.05) is 19.1 Å². The van der Waals surface area contributed by atoms with E-state index < -0.39 is 6.09 Å². The van der Waals surface area contributed by atoms with E-state index in [1.165, 1.54) is 7.11 Å². The number of amides is 1. The second-order valence-corrected chi connectivity index (χ2v) is 3.46. The molecule has 0 fully saturated rings. The lowest BCUT2D eigenvalue weighted by molar-refractivity contribution is 0.171. The van der Waals surface area contributed by atoms with Gasteiger partial charge in [0.15, 0.2) is 0 Å². The zero-order valence-corrected chi connectivity index (χ0v) is 9.91. The van der Waals surface area contributed by atoms with Crippen molar-refractivity contribution < 1.29 is 9.53 Å². The van der Waals surface area contributed by atoms with E-state index in [4.69, 9.17) is 11.6 Å². The van der Waals surface area contributed by atoms with E-state index in [1.54, 1.807) is 12.1 Å². The van der Waals surface area contributed by atoms with Crippen LogP contribution in [0.3, 0.4) is 0 Å². The van der Waals surface area contributed by atoms with Gasteiger partial charge in [-0.1, -0.05) is 30.7 Å². The zero-order chi connectivity index (χ0) is 12.0. The fraction of sp³-hybridized carbons (Fsp3) is 0.273. The molecular weight excluding hydrogens is 228 g/mol. The molecule has 0 aromatic heterocycles. The van der Waals surface area contributed by atoms with Crippen LogP contribution in [0.25, 0.3) is 0 Å². The maximum atomic E-state index is 10.9. The molecule has 86 valence electrons. The smallest absolute Gasteiger partial charge is 0.427 e. The predicted octanol–water partition coefficient (Wildman–Crippen LogP) is 2.81. The third kappa shape index (κ3) is 3.55. The maximum absolute atomic E-state index is 10.9. The van der Waals surface area contributed by atoms with Crippen LogP contribution in [-0.2, 0) is 4.74 Å². The number of hydrogen-bond acceptors (Lipinski definition) is 3. The maximum Gasteiger partial charge on any atom is 0.427 e. The highest BCUT2D eigenvalue weighted by atomic mass is 35.5. The quantitative estimate of drug-likeness (QED) is 0.652. The number of halogens is 1. The van der Waals surface area contributed by atoms with Gasteiger partial charge in [0.05, 0.1) is 12.8 Å². The number of methoxy groups -OCH3 is 1. The Bertz CT molecular complexity index is 387. The van der Waals surface area contributed by atoms with Crippen LogP contribution in [0, 0.1) is 0 Å². The fourth-order valence-electron chi connectivity index (χ4n) is 1.15. The van der Waals surface area contributed by atoms with E-state index >= 15 is 0 Å². The fourth-order valence-corrected chi connectivity index (χ4v) is 1.27. The number of benzene rings is 1. The second-order valence-electron chi connectivity index (χ2n) is 3.02. The van der Waals surface area contributed by atoms with Crippen LogP contribution in [0.5, 0.6) is 0 Å². The van der Waals surface area contributed by atoms with Crippen LogP contribution in [0.1, 0.15) is 18.9 Å². The van der Waals surface area contributed by atoms with Gasteiger partial charge in [-0.25, -0.2) is 10.2 Å². The van der Waals surface area contributed by atoms with Crippen LogP contribution < -0.4 is 5.43 Å². The van der Waals surface area contributed by atoms with Crippen molar-refractivity contribution in [1.29, 1.82) is 0 Å². The van der Waals surface area contributed by atoms with E-state index in [-0.39, 0.29) is 0 Å². The molecule has 1 amide bonds. The first-order valence-corrected chi connectivity index (χ1v) is 5.21. The molecular formula is C11H13ClN2O2. The summed E-state index contributed by atoms with van der Waals surface area (Å²) < 4.78 is 4.42. The minimum atomic E-state index is -0.583. The Morgan fingerprint density at radius 3 is 2.56 bits per heavy atom. The summed E-state index contributed by atoms with van der Waals surface area (Å²) in [5.41, 5.74) is 3.98. The highest BCUT2D eigenvalue weighted by molar-refractivity contribution is 6.30. The topological polar surface area (TPSA) is 50.7 Å². The van der Waals surface area contributed by atoms with Gasteiger partial charge >= 0.3 is 6.09 Å². The van der Waals surface area contributed by atoms with Crippen molar-refractivity contribution in [2.45, 2.75) is 13.3 Å². The lowest BCUT2D eigenvalue weighted by Crippen LogP contribution is -2.19. The predicted molar refractivity (Wildman–Crippen MR) is 63.8 cm³/mol. The largest absolute Gasteiger partial charge is 0.452 e. The Hall–Kier alpha value is -1.55. The van der Waals surface area contributed by atoms with Gasteiger partial charge in [0.2, 0.25) is 0 Å². The summed E-state index contributed by atoms with van der Waals surface area (Å²) in [5.74, 6) is 0. The Morgan fingerprint density at radius 1 is 1.44 bits per heavy atom. The molecule has 0 aliphatic rings. The minimum Gasteiger partial charge on any atom is -0.452 e. The monoisotopic (exact) mass is 240 g/mol. The first-order valence-electron chi connectivity index (χ1n) is 4.83. The van der Waals surface area contributed by atoms with Crippen LogP contribution in [0.2, 0.25) is 5.02 Å². The standard InChI is InChI=1S/C11H13ClN2O2/c1-3-10(13-14-11(15)16-2)8-4-6-9(12)7-5-8/h4-7H,3H2,1-2H3,(H,14,15)/b13-10-. The molecule has 4 nitrogen and oxygen atoms in total. The van der Waals surface area contributed by atoms with Crippen LogP contribution in [-0.4, -0.2) is 18.9 Å². The molecule has 0 saturated carbocycles. The van der Waals surface area contributed by atoms with Gasteiger partial charge < -0.3 is 4.74 Å². The van der Waals surface area contributed by atoms with Crippen molar-refractivity contribution in [1.82, 2.24) is 5.43 Å².